The molecule has 1 fully saturated rings. The number of urea groups is 1. The molecule has 0 bridgehead atoms. The lowest BCUT2D eigenvalue weighted by Crippen LogP contribution is -2.36. The van der Waals surface area contributed by atoms with Gasteiger partial charge in [0.25, 0.3) is 0 Å². The third-order valence-electron chi connectivity index (χ3n) is 4.15. The van der Waals surface area contributed by atoms with Crippen molar-refractivity contribution in [2.75, 3.05) is 30.3 Å². The zero-order chi connectivity index (χ0) is 19.4. The fourth-order valence-electron chi connectivity index (χ4n) is 2.81. The summed E-state index contributed by atoms with van der Waals surface area (Å²) in [4.78, 5) is 23.5. The average Bonchev–Trinajstić information content (AvgIpc) is 3.19. The van der Waals surface area contributed by atoms with Crippen molar-refractivity contribution in [3.8, 4) is 0 Å². The number of fused-ring (bicyclic) bond motifs is 1. The van der Waals surface area contributed by atoms with E-state index >= 15 is 0 Å². The fourth-order valence-corrected chi connectivity index (χ4v) is 3.73. The van der Waals surface area contributed by atoms with Crippen LogP contribution in [-0.2, 0) is 4.74 Å². The minimum atomic E-state index is -1.13. The van der Waals surface area contributed by atoms with E-state index in [4.69, 9.17) is 10.5 Å². The lowest BCUT2D eigenvalue weighted by Gasteiger charge is -2.16. The summed E-state index contributed by atoms with van der Waals surface area (Å²) in [5.74, 6) is 1.36. The number of ether oxygens (including phenoxy) is 1. The minimum absolute atomic E-state index is 0.209. The Morgan fingerprint density at radius 3 is 2.93 bits per heavy atom. The number of nitrogens with two attached hydrogens (primary N) is 1. The van der Waals surface area contributed by atoms with Gasteiger partial charge < -0.3 is 31.3 Å². The lowest BCUT2D eigenvalue weighted by atomic mass is 10.1. The summed E-state index contributed by atoms with van der Waals surface area (Å²) >= 11 is 1.51. The maximum Gasteiger partial charge on any atom is 0.314 e. The normalized spacial score (nSPS) is 25.0. The second-order valence-electron chi connectivity index (χ2n) is 5.99. The van der Waals surface area contributed by atoms with Crippen molar-refractivity contribution >= 4 is 34.8 Å². The number of hydrogen-bond donors (Lipinski definition) is 5. The smallest absolute Gasteiger partial charge is 0.314 e. The van der Waals surface area contributed by atoms with Crippen LogP contribution < -0.4 is 16.4 Å². The van der Waals surface area contributed by atoms with Crippen molar-refractivity contribution in [1.29, 1.82) is 0 Å². The highest BCUT2D eigenvalue weighted by atomic mass is 32.2. The van der Waals surface area contributed by atoms with Crippen LogP contribution in [0.15, 0.2) is 12.7 Å². The van der Waals surface area contributed by atoms with Gasteiger partial charge in [0.15, 0.2) is 17.7 Å². The molecule has 148 valence electrons. The Labute approximate surface area is 159 Å². The van der Waals surface area contributed by atoms with E-state index in [0.717, 1.165) is 0 Å². The summed E-state index contributed by atoms with van der Waals surface area (Å²) in [6, 6.07) is -0.209. The number of imidazole rings is 1. The first kappa shape index (κ1) is 19.6. The predicted molar refractivity (Wildman–Crippen MR) is 100 cm³/mol. The van der Waals surface area contributed by atoms with E-state index in [-0.39, 0.29) is 11.8 Å². The Hall–Kier alpha value is -2.15. The van der Waals surface area contributed by atoms with Crippen LogP contribution in [-0.4, -0.2) is 78.7 Å². The molecule has 2 amide bonds. The molecule has 1 saturated heterocycles. The Bertz CT molecular complexity index is 789. The van der Waals surface area contributed by atoms with Gasteiger partial charge in [0.2, 0.25) is 0 Å². The fraction of sp³-hybridized carbons (Fsp3) is 0.600. The largest absolute Gasteiger partial charge is 0.387 e. The van der Waals surface area contributed by atoms with Crippen molar-refractivity contribution < 1.29 is 19.7 Å². The summed E-state index contributed by atoms with van der Waals surface area (Å²) < 4.78 is 7.39. The van der Waals surface area contributed by atoms with Gasteiger partial charge in [-0.15, -0.1) is 0 Å². The summed E-state index contributed by atoms with van der Waals surface area (Å²) in [6.45, 7) is 2.91. The number of hydrogen-bond acceptors (Lipinski definition) is 9. The van der Waals surface area contributed by atoms with E-state index in [0.29, 0.717) is 35.8 Å². The van der Waals surface area contributed by atoms with Gasteiger partial charge in [-0.3, -0.25) is 4.57 Å². The highest BCUT2D eigenvalue weighted by Gasteiger charge is 2.44. The number of aliphatic hydroxyl groups is 2. The predicted octanol–water partition coefficient (Wildman–Crippen LogP) is -0.920. The molecule has 3 heterocycles. The number of carbonyl (C=O) groups is 1. The molecule has 27 heavy (non-hydrogen) atoms. The standard InChI is InChI=1S/C15H23N7O4S/c1-2-17-15(25)18-3-4-27-5-8-10(23)11(24)14(26-8)22-7-21-9-12(16)19-6-20-13(9)22/h6-8,10-11,14,23-24H,2-5H2,1H3,(H2,16,19,20)(H2,17,18,25)/t8-,10+,11-,14?/m1/s1. The van der Waals surface area contributed by atoms with Gasteiger partial charge >= 0.3 is 6.03 Å². The van der Waals surface area contributed by atoms with Gasteiger partial charge in [-0.25, -0.2) is 19.7 Å². The van der Waals surface area contributed by atoms with Crippen molar-refractivity contribution in [2.45, 2.75) is 31.5 Å². The molecule has 0 aliphatic carbocycles. The molecule has 0 saturated carbocycles. The van der Waals surface area contributed by atoms with Crippen LogP contribution in [0.1, 0.15) is 13.2 Å². The number of rotatable bonds is 7. The van der Waals surface area contributed by atoms with E-state index in [1.807, 2.05) is 6.92 Å². The molecule has 12 heteroatoms. The van der Waals surface area contributed by atoms with Crippen molar-refractivity contribution in [2.24, 2.45) is 0 Å². The molecule has 1 aliphatic rings. The first-order valence-corrected chi connectivity index (χ1v) is 9.72. The van der Waals surface area contributed by atoms with Crippen LogP contribution in [0.4, 0.5) is 10.6 Å². The SMILES string of the molecule is CCNC(=O)NCCSC[C@H]1OC(n2cnc3c(N)ncnc32)[C@H](O)[C@H]1O. The molecule has 2 aromatic rings. The Balaban J connectivity index is 1.56. The average molecular weight is 397 g/mol. The highest BCUT2D eigenvalue weighted by Crippen LogP contribution is 2.33. The van der Waals surface area contributed by atoms with Crippen molar-refractivity contribution in [3.05, 3.63) is 12.7 Å². The van der Waals surface area contributed by atoms with E-state index in [9.17, 15) is 15.0 Å². The van der Waals surface area contributed by atoms with Crippen LogP contribution in [0, 0.1) is 0 Å². The minimum Gasteiger partial charge on any atom is -0.387 e. The van der Waals surface area contributed by atoms with Crippen molar-refractivity contribution in [3.63, 3.8) is 0 Å². The molecule has 2 aromatic heterocycles. The molecular formula is C15H23N7O4S. The van der Waals surface area contributed by atoms with Crippen LogP contribution in [0.25, 0.3) is 11.2 Å². The number of anilines is 1. The van der Waals surface area contributed by atoms with E-state index in [1.165, 1.54) is 24.4 Å². The number of nitrogens with zero attached hydrogens (tertiary/aromatic N) is 4. The Morgan fingerprint density at radius 2 is 2.15 bits per heavy atom. The monoisotopic (exact) mass is 397 g/mol. The van der Waals surface area contributed by atoms with E-state index < -0.39 is 24.5 Å². The molecule has 1 aliphatic heterocycles. The van der Waals surface area contributed by atoms with Gasteiger partial charge in [0, 0.05) is 24.6 Å². The van der Waals surface area contributed by atoms with E-state index in [1.54, 1.807) is 4.57 Å². The van der Waals surface area contributed by atoms with Gasteiger partial charge in [-0.05, 0) is 6.92 Å². The second kappa shape index (κ2) is 8.69. The number of aliphatic hydroxyl groups excluding tert-OH is 2. The van der Waals surface area contributed by atoms with Gasteiger partial charge in [-0.2, -0.15) is 11.8 Å². The lowest BCUT2D eigenvalue weighted by molar-refractivity contribution is -0.0289. The number of nitrogen functional groups attached to an aromatic ring is 1. The molecule has 0 spiro atoms. The molecule has 3 rings (SSSR count). The quantitative estimate of drug-likeness (QED) is 0.372. The molecular weight excluding hydrogens is 374 g/mol. The zero-order valence-electron chi connectivity index (χ0n) is 14.8. The number of amides is 2. The summed E-state index contributed by atoms with van der Waals surface area (Å²) in [7, 11) is 0. The van der Waals surface area contributed by atoms with Gasteiger partial charge in [0.05, 0.1) is 12.4 Å². The summed E-state index contributed by atoms with van der Waals surface area (Å²) in [5.41, 5.74) is 6.62. The van der Waals surface area contributed by atoms with Crippen molar-refractivity contribution in [1.82, 2.24) is 30.2 Å². The number of nitrogens with one attached hydrogen (secondary N) is 2. The van der Waals surface area contributed by atoms with E-state index in [2.05, 4.69) is 25.6 Å². The number of carbonyl (C=O) groups excluding carboxylic acids is 1. The Morgan fingerprint density at radius 1 is 1.33 bits per heavy atom. The van der Waals surface area contributed by atoms with Crippen LogP contribution in [0.2, 0.25) is 0 Å². The topological polar surface area (TPSA) is 160 Å². The maximum atomic E-state index is 11.3. The third-order valence-corrected chi connectivity index (χ3v) is 5.21. The first-order chi connectivity index (χ1) is 13.0. The molecule has 1 unspecified atom stereocenters. The summed E-state index contributed by atoms with van der Waals surface area (Å²) in [5, 5.41) is 26.1. The molecule has 6 N–H and O–H groups in total. The second-order valence-corrected chi connectivity index (χ2v) is 7.14. The van der Waals surface area contributed by atoms with Gasteiger partial charge in [-0.1, -0.05) is 0 Å². The van der Waals surface area contributed by atoms with Gasteiger partial charge in [0.1, 0.15) is 24.1 Å². The third kappa shape index (κ3) is 4.24. The summed E-state index contributed by atoms with van der Waals surface area (Å²) in [6.07, 6.45) is -0.785. The highest BCUT2D eigenvalue weighted by molar-refractivity contribution is 7.99. The van der Waals surface area contributed by atoms with Crippen LogP contribution >= 0.6 is 11.8 Å². The molecule has 4 atom stereocenters. The first-order valence-electron chi connectivity index (χ1n) is 8.57. The number of aromatic nitrogens is 4. The Kier molecular flexibility index (Phi) is 6.31. The van der Waals surface area contributed by atoms with Crippen LogP contribution in [0.3, 0.4) is 0 Å². The molecule has 11 nitrogen and oxygen atoms in total. The molecule has 0 aromatic carbocycles. The number of thioether (sulfide) groups is 1. The zero-order valence-corrected chi connectivity index (χ0v) is 15.6. The van der Waals surface area contributed by atoms with Crippen LogP contribution in [0.5, 0.6) is 0 Å². The maximum absolute atomic E-state index is 11.3. The molecule has 0 radical (unpaired) electrons.